The second-order valence-corrected chi connectivity index (χ2v) is 8.70. The highest BCUT2D eigenvalue weighted by Gasteiger charge is 2.50. The molecule has 0 N–H and O–H groups in total. The molecular weight excluding hydrogens is 369 g/mol. The smallest absolute Gasteiger partial charge is 0.360 e. The Labute approximate surface area is 137 Å². The van der Waals surface area contributed by atoms with Crippen molar-refractivity contribution in [3.8, 4) is 0 Å². The maximum Gasteiger partial charge on any atom is 0.367 e. The van der Waals surface area contributed by atoms with Gasteiger partial charge in [-0.25, -0.2) is 4.18 Å². The second-order valence-electron chi connectivity index (χ2n) is 4.70. The molecule has 0 aliphatic carbocycles. The molecule has 1 heterocycles. The number of amides is 1. The van der Waals surface area contributed by atoms with E-state index in [9.17, 15) is 18.0 Å². The van der Waals surface area contributed by atoms with E-state index >= 15 is 0 Å². The molecule has 0 aromatic rings. The van der Waals surface area contributed by atoms with E-state index in [0.29, 0.717) is 10.6 Å². The van der Waals surface area contributed by atoms with E-state index < -0.39 is 38.3 Å². The standard InChI is InChI=1S/C10H14Cl3NO6S/c1-9(5-15)4-3-7(19-2)14(8(9)16)21(17,18)20-6-10(11,12)13/h5,7H,3-4,6H2,1-2H3/t7-,9+/m0/s1. The van der Waals surface area contributed by atoms with Gasteiger partial charge in [0.05, 0.1) is 0 Å². The van der Waals surface area contributed by atoms with Crippen molar-refractivity contribution in [2.45, 2.75) is 29.8 Å². The third-order valence-electron chi connectivity index (χ3n) is 3.01. The van der Waals surface area contributed by atoms with Crippen molar-refractivity contribution < 1.29 is 26.9 Å². The number of halogens is 3. The van der Waals surface area contributed by atoms with Gasteiger partial charge in [-0.1, -0.05) is 34.8 Å². The van der Waals surface area contributed by atoms with Crippen LogP contribution in [0.1, 0.15) is 19.8 Å². The fourth-order valence-corrected chi connectivity index (χ4v) is 3.48. The molecular formula is C10H14Cl3NO6S. The van der Waals surface area contributed by atoms with E-state index in [0.717, 1.165) is 0 Å². The third-order valence-corrected chi connectivity index (χ3v) is 4.63. The van der Waals surface area contributed by atoms with Crippen LogP contribution in [0.25, 0.3) is 0 Å². The fourth-order valence-electron chi connectivity index (χ4n) is 1.80. The summed E-state index contributed by atoms with van der Waals surface area (Å²) in [6.45, 7) is 0.559. The van der Waals surface area contributed by atoms with Crippen LogP contribution in [0, 0.1) is 5.41 Å². The summed E-state index contributed by atoms with van der Waals surface area (Å²) in [6.07, 6.45) is -0.373. The van der Waals surface area contributed by atoms with Gasteiger partial charge in [-0.05, 0) is 19.8 Å². The summed E-state index contributed by atoms with van der Waals surface area (Å²) in [5.74, 6) is -0.945. The number of hydrogen-bond donors (Lipinski definition) is 0. The first-order chi connectivity index (χ1) is 9.47. The Morgan fingerprint density at radius 1 is 1.48 bits per heavy atom. The molecule has 1 fully saturated rings. The number of nitrogens with zero attached hydrogens (tertiary/aromatic N) is 1. The number of ether oxygens (including phenoxy) is 1. The minimum Gasteiger partial charge on any atom is -0.360 e. The van der Waals surface area contributed by atoms with Crippen LogP contribution in [0.2, 0.25) is 0 Å². The van der Waals surface area contributed by atoms with E-state index in [4.69, 9.17) is 39.5 Å². The summed E-state index contributed by atoms with van der Waals surface area (Å²) in [7, 11) is -3.33. The number of carbonyl (C=O) groups is 2. The molecule has 1 amide bonds. The van der Waals surface area contributed by atoms with Crippen LogP contribution in [-0.4, -0.2) is 48.7 Å². The van der Waals surface area contributed by atoms with Crippen LogP contribution in [0.5, 0.6) is 0 Å². The Morgan fingerprint density at radius 3 is 2.48 bits per heavy atom. The maximum atomic E-state index is 12.3. The average Bonchev–Trinajstić information content (AvgIpc) is 2.38. The van der Waals surface area contributed by atoms with Crippen LogP contribution in [0.15, 0.2) is 0 Å². The largest absolute Gasteiger partial charge is 0.367 e. The highest BCUT2D eigenvalue weighted by Crippen LogP contribution is 2.35. The topological polar surface area (TPSA) is 90.0 Å². The lowest BCUT2D eigenvalue weighted by Gasteiger charge is -2.39. The zero-order valence-electron chi connectivity index (χ0n) is 11.2. The molecule has 0 saturated carbocycles. The molecule has 0 unspecified atom stereocenters. The molecule has 0 spiro atoms. The molecule has 1 saturated heterocycles. The molecule has 0 radical (unpaired) electrons. The van der Waals surface area contributed by atoms with Crippen molar-refractivity contribution in [3.05, 3.63) is 0 Å². The van der Waals surface area contributed by atoms with Crippen LogP contribution in [0.3, 0.4) is 0 Å². The molecule has 11 heteroatoms. The molecule has 0 aromatic heterocycles. The van der Waals surface area contributed by atoms with Gasteiger partial charge >= 0.3 is 10.3 Å². The number of hydrogen-bond acceptors (Lipinski definition) is 6. The van der Waals surface area contributed by atoms with Crippen molar-refractivity contribution >= 4 is 57.3 Å². The van der Waals surface area contributed by atoms with Gasteiger partial charge in [0.25, 0.3) is 5.91 Å². The van der Waals surface area contributed by atoms with Crippen molar-refractivity contribution in [1.82, 2.24) is 4.31 Å². The maximum absolute atomic E-state index is 12.3. The van der Waals surface area contributed by atoms with Gasteiger partial charge in [0.1, 0.15) is 24.5 Å². The highest BCUT2D eigenvalue weighted by molar-refractivity contribution is 7.85. The predicted molar refractivity (Wildman–Crippen MR) is 76.2 cm³/mol. The first kappa shape index (κ1) is 18.9. The van der Waals surface area contributed by atoms with Gasteiger partial charge in [-0.15, -0.1) is 0 Å². The summed E-state index contributed by atoms with van der Waals surface area (Å²) in [4.78, 5) is 23.4. The molecule has 0 aromatic carbocycles. The Morgan fingerprint density at radius 2 is 2.05 bits per heavy atom. The summed E-state index contributed by atoms with van der Waals surface area (Å²) in [5.41, 5.74) is -1.47. The Hall–Kier alpha value is -0.120. The minimum atomic E-state index is -4.56. The van der Waals surface area contributed by atoms with Gasteiger partial charge in [-0.2, -0.15) is 12.7 Å². The molecule has 1 rings (SSSR count). The van der Waals surface area contributed by atoms with E-state index in [1.54, 1.807) is 0 Å². The molecule has 1 aliphatic rings. The Kier molecular flexibility index (Phi) is 5.91. The lowest BCUT2D eigenvalue weighted by molar-refractivity contribution is -0.155. The van der Waals surface area contributed by atoms with Gasteiger partial charge < -0.3 is 9.53 Å². The number of carbonyl (C=O) groups excluding carboxylic acids is 2. The van der Waals surface area contributed by atoms with Crippen LogP contribution in [-0.2, 0) is 28.8 Å². The molecule has 2 atom stereocenters. The summed E-state index contributed by atoms with van der Waals surface area (Å²) >= 11 is 16.3. The average molecular weight is 383 g/mol. The van der Waals surface area contributed by atoms with Crippen LogP contribution >= 0.6 is 34.8 Å². The van der Waals surface area contributed by atoms with E-state index in [1.807, 2.05) is 0 Å². The Balaban J connectivity index is 3.09. The SMILES string of the molecule is CO[C@H]1CC[C@](C)(C=O)C(=O)N1S(=O)(=O)OCC(Cl)(Cl)Cl. The quantitative estimate of drug-likeness (QED) is 0.406. The summed E-state index contributed by atoms with van der Waals surface area (Å²) in [6, 6.07) is 0. The number of methoxy groups -OCH3 is 1. The highest BCUT2D eigenvalue weighted by atomic mass is 35.6. The fraction of sp³-hybridized carbons (Fsp3) is 0.800. The van der Waals surface area contributed by atoms with Gasteiger partial charge in [0, 0.05) is 7.11 Å². The zero-order valence-corrected chi connectivity index (χ0v) is 14.3. The zero-order chi connectivity index (χ0) is 16.5. The monoisotopic (exact) mass is 381 g/mol. The van der Waals surface area contributed by atoms with Crippen LogP contribution in [0.4, 0.5) is 0 Å². The van der Waals surface area contributed by atoms with E-state index in [1.165, 1.54) is 14.0 Å². The van der Waals surface area contributed by atoms with E-state index in [2.05, 4.69) is 4.18 Å². The summed E-state index contributed by atoms with van der Waals surface area (Å²) < 4.78 is 32.2. The number of aldehydes is 1. The van der Waals surface area contributed by atoms with E-state index in [-0.39, 0.29) is 12.8 Å². The predicted octanol–water partition coefficient (Wildman–Crippen LogP) is 1.42. The molecule has 21 heavy (non-hydrogen) atoms. The van der Waals surface area contributed by atoms with Crippen molar-refractivity contribution in [3.63, 3.8) is 0 Å². The van der Waals surface area contributed by atoms with Gasteiger partial charge in [-0.3, -0.25) is 4.79 Å². The number of piperidine rings is 1. The second kappa shape index (κ2) is 6.55. The lowest BCUT2D eigenvalue weighted by Crippen LogP contribution is -2.56. The van der Waals surface area contributed by atoms with Gasteiger partial charge in [0.15, 0.2) is 0 Å². The van der Waals surface area contributed by atoms with Crippen molar-refractivity contribution in [2.75, 3.05) is 13.7 Å². The normalized spacial score (nSPS) is 27.8. The number of alkyl halides is 3. The molecule has 1 aliphatic heterocycles. The van der Waals surface area contributed by atoms with Gasteiger partial charge in [0.2, 0.25) is 3.79 Å². The third kappa shape index (κ3) is 4.43. The van der Waals surface area contributed by atoms with Crippen molar-refractivity contribution in [1.29, 1.82) is 0 Å². The van der Waals surface area contributed by atoms with Crippen LogP contribution < -0.4 is 0 Å². The molecule has 7 nitrogen and oxygen atoms in total. The first-order valence-electron chi connectivity index (χ1n) is 5.76. The lowest BCUT2D eigenvalue weighted by atomic mass is 9.83. The molecule has 0 bridgehead atoms. The summed E-state index contributed by atoms with van der Waals surface area (Å²) in [5, 5.41) is 0. The van der Waals surface area contributed by atoms with Crippen molar-refractivity contribution in [2.24, 2.45) is 5.41 Å². The minimum absolute atomic E-state index is 0.147. The first-order valence-corrected chi connectivity index (χ1v) is 8.26. The number of rotatable bonds is 5. The molecule has 122 valence electrons. The Bertz CT molecular complexity index is 519.